The van der Waals surface area contributed by atoms with Gasteiger partial charge in [0.15, 0.2) is 5.82 Å². The van der Waals surface area contributed by atoms with E-state index in [0.717, 1.165) is 21.8 Å². The molecule has 4 aromatic rings. The SMILES string of the molecule is CC1=C(C(=O)Nc2ccccc2)C(c2ccccc2)n2nc(-c3cccs3)nc2N1. The summed E-state index contributed by atoms with van der Waals surface area (Å²) in [5, 5.41) is 13.0. The molecule has 0 bridgehead atoms. The first kappa shape index (κ1) is 18.3. The molecule has 0 fully saturated rings. The predicted molar refractivity (Wildman–Crippen MR) is 119 cm³/mol. The molecule has 2 N–H and O–H groups in total. The van der Waals surface area contributed by atoms with E-state index in [-0.39, 0.29) is 11.9 Å². The van der Waals surface area contributed by atoms with E-state index in [2.05, 4.69) is 15.6 Å². The summed E-state index contributed by atoms with van der Waals surface area (Å²) < 4.78 is 1.80. The summed E-state index contributed by atoms with van der Waals surface area (Å²) in [7, 11) is 0. The quantitative estimate of drug-likeness (QED) is 0.497. The average Bonchev–Trinajstić information content (AvgIpc) is 3.44. The normalized spacial score (nSPS) is 15.4. The number of carbonyl (C=O) groups excluding carboxylic acids is 1. The fourth-order valence-corrected chi connectivity index (χ4v) is 4.27. The average molecular weight is 414 g/mol. The van der Waals surface area contributed by atoms with Crippen LogP contribution in [0.1, 0.15) is 18.5 Å². The lowest BCUT2D eigenvalue weighted by Crippen LogP contribution is -2.31. The minimum atomic E-state index is -0.382. The van der Waals surface area contributed by atoms with Gasteiger partial charge in [-0.25, -0.2) is 4.68 Å². The Balaban J connectivity index is 1.60. The number of aromatic nitrogens is 3. The molecule has 148 valence electrons. The highest BCUT2D eigenvalue weighted by Gasteiger charge is 2.34. The molecule has 1 unspecified atom stereocenters. The van der Waals surface area contributed by atoms with Gasteiger partial charge in [-0.15, -0.1) is 16.4 Å². The minimum Gasteiger partial charge on any atom is -0.328 e. The fourth-order valence-electron chi connectivity index (χ4n) is 3.62. The molecular formula is C23H19N5OS. The third-order valence-corrected chi connectivity index (χ3v) is 5.85. The first-order chi connectivity index (χ1) is 14.7. The van der Waals surface area contributed by atoms with Crippen LogP contribution in [0.25, 0.3) is 10.7 Å². The number of benzene rings is 2. The van der Waals surface area contributed by atoms with E-state index < -0.39 is 0 Å². The van der Waals surface area contributed by atoms with Crippen LogP contribution in [-0.4, -0.2) is 20.7 Å². The monoisotopic (exact) mass is 413 g/mol. The second-order valence-corrected chi connectivity index (χ2v) is 7.93. The van der Waals surface area contributed by atoms with Crippen LogP contribution in [0.3, 0.4) is 0 Å². The molecule has 30 heavy (non-hydrogen) atoms. The maximum Gasteiger partial charge on any atom is 0.255 e. The highest BCUT2D eigenvalue weighted by Crippen LogP contribution is 2.37. The number of para-hydroxylation sites is 1. The van der Waals surface area contributed by atoms with Gasteiger partial charge in [0.05, 0.1) is 10.5 Å². The number of rotatable bonds is 4. The molecule has 1 amide bonds. The van der Waals surface area contributed by atoms with E-state index in [1.165, 1.54) is 0 Å². The van der Waals surface area contributed by atoms with Crippen LogP contribution < -0.4 is 10.6 Å². The summed E-state index contributed by atoms with van der Waals surface area (Å²) in [4.78, 5) is 19.0. The smallest absolute Gasteiger partial charge is 0.255 e. The summed E-state index contributed by atoms with van der Waals surface area (Å²) in [5.74, 6) is 1.10. The van der Waals surface area contributed by atoms with Gasteiger partial charge >= 0.3 is 0 Å². The highest BCUT2D eigenvalue weighted by atomic mass is 32.1. The third kappa shape index (κ3) is 3.29. The van der Waals surface area contributed by atoms with Gasteiger partial charge in [0, 0.05) is 11.4 Å². The molecule has 7 heteroatoms. The number of hydrogen-bond donors (Lipinski definition) is 2. The number of carbonyl (C=O) groups is 1. The summed E-state index contributed by atoms with van der Waals surface area (Å²) in [6.07, 6.45) is 0. The Labute approximate surface area is 177 Å². The van der Waals surface area contributed by atoms with Gasteiger partial charge in [-0.2, -0.15) is 4.98 Å². The van der Waals surface area contributed by atoms with E-state index >= 15 is 0 Å². The second kappa shape index (κ2) is 7.61. The number of nitrogens with one attached hydrogen (secondary N) is 2. The minimum absolute atomic E-state index is 0.168. The van der Waals surface area contributed by atoms with Gasteiger partial charge in [-0.3, -0.25) is 4.79 Å². The van der Waals surface area contributed by atoms with Crippen LogP contribution in [-0.2, 0) is 4.79 Å². The van der Waals surface area contributed by atoms with Gasteiger partial charge in [0.25, 0.3) is 5.91 Å². The van der Waals surface area contributed by atoms with Crippen LogP contribution >= 0.6 is 11.3 Å². The zero-order chi connectivity index (χ0) is 20.5. The zero-order valence-corrected chi connectivity index (χ0v) is 17.1. The predicted octanol–water partition coefficient (Wildman–Crippen LogP) is 4.93. The van der Waals surface area contributed by atoms with Crippen LogP contribution in [0, 0.1) is 0 Å². The molecule has 0 saturated heterocycles. The molecule has 1 aliphatic rings. The van der Waals surface area contributed by atoms with E-state index in [1.807, 2.05) is 85.1 Å². The molecular weight excluding hydrogens is 394 g/mol. The van der Waals surface area contributed by atoms with Crippen molar-refractivity contribution < 1.29 is 4.79 Å². The Hall–Kier alpha value is -3.71. The molecule has 0 spiro atoms. The van der Waals surface area contributed by atoms with Gasteiger partial charge in [-0.05, 0) is 36.1 Å². The molecule has 6 nitrogen and oxygen atoms in total. The Bertz CT molecular complexity index is 1210. The third-order valence-electron chi connectivity index (χ3n) is 4.99. The van der Waals surface area contributed by atoms with Crippen molar-refractivity contribution in [2.24, 2.45) is 0 Å². The molecule has 3 heterocycles. The topological polar surface area (TPSA) is 71.8 Å². The van der Waals surface area contributed by atoms with Gasteiger partial charge in [0.2, 0.25) is 5.95 Å². The molecule has 1 aliphatic heterocycles. The van der Waals surface area contributed by atoms with Crippen LogP contribution in [0.5, 0.6) is 0 Å². The van der Waals surface area contributed by atoms with E-state index in [1.54, 1.807) is 16.0 Å². The first-order valence-electron chi connectivity index (χ1n) is 9.60. The maximum atomic E-state index is 13.3. The molecule has 0 saturated carbocycles. The van der Waals surface area contributed by atoms with Crippen LogP contribution in [0.15, 0.2) is 89.4 Å². The molecule has 2 aromatic heterocycles. The van der Waals surface area contributed by atoms with Crippen molar-refractivity contribution in [3.8, 4) is 10.7 Å². The number of amides is 1. The van der Waals surface area contributed by atoms with Crippen molar-refractivity contribution in [1.82, 2.24) is 14.8 Å². The summed E-state index contributed by atoms with van der Waals surface area (Å²) in [6.45, 7) is 1.90. The van der Waals surface area contributed by atoms with Crippen molar-refractivity contribution in [3.63, 3.8) is 0 Å². The van der Waals surface area contributed by atoms with Crippen molar-refractivity contribution in [3.05, 3.63) is 95.0 Å². The van der Waals surface area contributed by atoms with Crippen molar-refractivity contribution in [2.75, 3.05) is 10.6 Å². The Kier molecular flexibility index (Phi) is 4.65. The molecule has 1 atom stereocenters. The summed E-state index contributed by atoms with van der Waals surface area (Å²) in [5.41, 5.74) is 3.09. The molecule has 0 aliphatic carbocycles. The number of thiophene rings is 1. The van der Waals surface area contributed by atoms with Gasteiger partial charge in [-0.1, -0.05) is 54.6 Å². The number of anilines is 2. The van der Waals surface area contributed by atoms with Crippen LogP contribution in [0.4, 0.5) is 11.6 Å². The lowest BCUT2D eigenvalue weighted by atomic mass is 9.95. The summed E-state index contributed by atoms with van der Waals surface area (Å²) in [6, 6.07) is 23.0. The van der Waals surface area contributed by atoms with Gasteiger partial charge < -0.3 is 10.6 Å². The second-order valence-electron chi connectivity index (χ2n) is 6.98. The largest absolute Gasteiger partial charge is 0.328 e. The Morgan fingerprint density at radius 3 is 2.47 bits per heavy atom. The van der Waals surface area contributed by atoms with E-state index in [0.29, 0.717) is 17.3 Å². The number of fused-ring (bicyclic) bond motifs is 1. The molecule has 0 radical (unpaired) electrons. The molecule has 5 rings (SSSR count). The fraction of sp³-hybridized carbons (Fsp3) is 0.0870. The molecule has 2 aromatic carbocycles. The zero-order valence-electron chi connectivity index (χ0n) is 16.2. The van der Waals surface area contributed by atoms with E-state index in [4.69, 9.17) is 5.10 Å². The standard InChI is InChI=1S/C23H19N5OS/c1-15-19(22(29)25-17-11-6-3-7-12-17)20(16-9-4-2-5-10-16)28-23(24-15)26-21(27-28)18-13-8-14-30-18/h2-14,20H,1H3,(H,25,29)(H,24,26,27). The lowest BCUT2D eigenvalue weighted by molar-refractivity contribution is -0.113. The van der Waals surface area contributed by atoms with Crippen LogP contribution in [0.2, 0.25) is 0 Å². The highest BCUT2D eigenvalue weighted by molar-refractivity contribution is 7.13. The Morgan fingerprint density at radius 2 is 1.77 bits per heavy atom. The van der Waals surface area contributed by atoms with Crippen molar-refractivity contribution in [2.45, 2.75) is 13.0 Å². The number of nitrogens with zero attached hydrogens (tertiary/aromatic N) is 3. The number of allylic oxidation sites excluding steroid dienone is 1. The van der Waals surface area contributed by atoms with Crippen molar-refractivity contribution >= 4 is 28.9 Å². The lowest BCUT2D eigenvalue weighted by Gasteiger charge is -2.28. The van der Waals surface area contributed by atoms with E-state index in [9.17, 15) is 4.79 Å². The van der Waals surface area contributed by atoms with Crippen molar-refractivity contribution in [1.29, 1.82) is 0 Å². The maximum absolute atomic E-state index is 13.3. The first-order valence-corrected chi connectivity index (χ1v) is 10.5. The van der Waals surface area contributed by atoms with Gasteiger partial charge in [0.1, 0.15) is 6.04 Å². The summed E-state index contributed by atoms with van der Waals surface area (Å²) >= 11 is 1.59. The Morgan fingerprint density at radius 1 is 1.03 bits per heavy atom. The number of hydrogen-bond acceptors (Lipinski definition) is 5.